The van der Waals surface area contributed by atoms with Crippen molar-refractivity contribution in [1.29, 1.82) is 0 Å². The molecule has 2 aromatic heterocycles. The lowest BCUT2D eigenvalue weighted by Gasteiger charge is -2.09. The summed E-state index contributed by atoms with van der Waals surface area (Å²) in [5.74, 6) is 0.259. The van der Waals surface area contributed by atoms with E-state index in [0.29, 0.717) is 30.1 Å². The predicted octanol–water partition coefficient (Wildman–Crippen LogP) is 3.04. The largest absolute Gasteiger partial charge is 0.352 e. The molecule has 0 aliphatic carbocycles. The maximum atomic E-state index is 12.3. The van der Waals surface area contributed by atoms with Crippen LogP contribution in [0.5, 0.6) is 0 Å². The molecule has 0 saturated carbocycles. The Hall–Kier alpha value is -3.15. The molecule has 0 bridgehead atoms. The third kappa shape index (κ3) is 4.94. The van der Waals surface area contributed by atoms with Gasteiger partial charge in [0.1, 0.15) is 5.65 Å². The SMILES string of the molecule is CC(C)CCNC(=O)c1ccc(C(=O)NCc2ccc3nccn3c2)cc1. The minimum atomic E-state index is -0.174. The minimum Gasteiger partial charge on any atom is -0.352 e. The van der Waals surface area contributed by atoms with Crippen LogP contribution in [0.3, 0.4) is 0 Å². The van der Waals surface area contributed by atoms with E-state index in [1.807, 2.05) is 28.9 Å². The van der Waals surface area contributed by atoms with Crippen molar-refractivity contribution in [2.75, 3.05) is 6.54 Å². The molecule has 0 atom stereocenters. The second kappa shape index (κ2) is 8.49. The highest BCUT2D eigenvalue weighted by molar-refractivity contribution is 5.97. The molecule has 2 N–H and O–H groups in total. The molecule has 1 aromatic carbocycles. The standard InChI is InChI=1S/C21H24N4O2/c1-15(2)9-10-23-20(26)17-4-6-18(7-5-17)21(27)24-13-16-3-8-19-22-11-12-25(19)14-16/h3-8,11-12,14-15H,9-10,13H2,1-2H3,(H,23,26)(H,24,27). The number of imidazole rings is 1. The normalized spacial score (nSPS) is 10.9. The van der Waals surface area contributed by atoms with Gasteiger partial charge in [-0.15, -0.1) is 0 Å². The fraction of sp³-hybridized carbons (Fsp3) is 0.286. The molecule has 0 fully saturated rings. The van der Waals surface area contributed by atoms with Crippen LogP contribution in [0.1, 0.15) is 46.5 Å². The zero-order chi connectivity index (χ0) is 19.2. The van der Waals surface area contributed by atoms with Crippen molar-refractivity contribution in [2.45, 2.75) is 26.8 Å². The van der Waals surface area contributed by atoms with Crippen LogP contribution in [0, 0.1) is 5.92 Å². The van der Waals surface area contributed by atoms with E-state index in [0.717, 1.165) is 17.6 Å². The number of aromatic nitrogens is 2. The van der Waals surface area contributed by atoms with Crippen LogP contribution in [0.15, 0.2) is 55.0 Å². The number of nitrogens with zero attached hydrogens (tertiary/aromatic N) is 2. The summed E-state index contributed by atoms with van der Waals surface area (Å²) in [7, 11) is 0. The highest BCUT2D eigenvalue weighted by atomic mass is 16.2. The Morgan fingerprint density at radius 1 is 1.00 bits per heavy atom. The zero-order valence-electron chi connectivity index (χ0n) is 15.6. The molecule has 6 nitrogen and oxygen atoms in total. The number of carbonyl (C=O) groups is 2. The molecule has 3 rings (SSSR count). The van der Waals surface area contributed by atoms with Gasteiger partial charge in [-0.25, -0.2) is 4.98 Å². The second-order valence-corrected chi connectivity index (χ2v) is 6.93. The average Bonchev–Trinajstić information content (AvgIpc) is 3.13. The van der Waals surface area contributed by atoms with Gasteiger partial charge in [0.05, 0.1) is 0 Å². The van der Waals surface area contributed by atoms with E-state index in [2.05, 4.69) is 29.5 Å². The van der Waals surface area contributed by atoms with E-state index in [1.54, 1.807) is 30.5 Å². The number of rotatable bonds is 7. The lowest BCUT2D eigenvalue weighted by atomic mass is 10.1. The Morgan fingerprint density at radius 2 is 1.67 bits per heavy atom. The summed E-state index contributed by atoms with van der Waals surface area (Å²) >= 11 is 0. The van der Waals surface area contributed by atoms with Crippen molar-refractivity contribution in [3.05, 3.63) is 71.7 Å². The van der Waals surface area contributed by atoms with Crippen molar-refractivity contribution in [2.24, 2.45) is 5.92 Å². The van der Waals surface area contributed by atoms with E-state index in [1.165, 1.54) is 0 Å². The van der Waals surface area contributed by atoms with Crippen LogP contribution >= 0.6 is 0 Å². The van der Waals surface area contributed by atoms with Gasteiger partial charge in [-0.05, 0) is 48.2 Å². The Bertz CT molecular complexity index is 929. The molecule has 2 amide bonds. The summed E-state index contributed by atoms with van der Waals surface area (Å²) < 4.78 is 1.91. The fourth-order valence-electron chi connectivity index (χ4n) is 2.70. The van der Waals surface area contributed by atoms with Gasteiger partial charge in [-0.3, -0.25) is 9.59 Å². The maximum absolute atomic E-state index is 12.3. The fourth-order valence-corrected chi connectivity index (χ4v) is 2.70. The molecule has 0 radical (unpaired) electrons. The van der Waals surface area contributed by atoms with Gasteiger partial charge in [-0.1, -0.05) is 19.9 Å². The van der Waals surface area contributed by atoms with Crippen molar-refractivity contribution in [3.8, 4) is 0 Å². The molecule has 0 aliphatic heterocycles. The van der Waals surface area contributed by atoms with Crippen molar-refractivity contribution in [3.63, 3.8) is 0 Å². The number of nitrogens with one attached hydrogen (secondary N) is 2. The number of carbonyl (C=O) groups excluding carboxylic acids is 2. The number of benzene rings is 1. The quantitative estimate of drug-likeness (QED) is 0.677. The van der Waals surface area contributed by atoms with Gasteiger partial charge in [-0.2, -0.15) is 0 Å². The first kappa shape index (κ1) is 18.6. The molecule has 0 saturated heterocycles. The predicted molar refractivity (Wildman–Crippen MR) is 105 cm³/mol. The summed E-state index contributed by atoms with van der Waals surface area (Å²) in [6, 6.07) is 10.5. The molecule has 0 unspecified atom stereocenters. The minimum absolute atomic E-state index is 0.115. The summed E-state index contributed by atoms with van der Waals surface area (Å²) in [6.45, 7) is 5.31. The molecule has 6 heteroatoms. The Kier molecular flexibility index (Phi) is 5.86. The summed E-state index contributed by atoms with van der Waals surface area (Å²) in [6.07, 6.45) is 6.48. The Morgan fingerprint density at radius 3 is 2.33 bits per heavy atom. The molecule has 3 aromatic rings. The molecule has 27 heavy (non-hydrogen) atoms. The van der Waals surface area contributed by atoms with Crippen molar-refractivity contribution in [1.82, 2.24) is 20.0 Å². The van der Waals surface area contributed by atoms with E-state index in [9.17, 15) is 9.59 Å². The van der Waals surface area contributed by atoms with Crippen LogP contribution in [0.25, 0.3) is 5.65 Å². The molecular formula is C21H24N4O2. The average molecular weight is 364 g/mol. The van der Waals surface area contributed by atoms with Gasteiger partial charge in [0, 0.05) is 42.8 Å². The molecule has 0 spiro atoms. The first-order chi connectivity index (χ1) is 13.0. The topological polar surface area (TPSA) is 75.5 Å². The zero-order valence-corrected chi connectivity index (χ0v) is 15.6. The van der Waals surface area contributed by atoms with Crippen molar-refractivity contribution >= 4 is 17.5 Å². The molecular weight excluding hydrogens is 340 g/mol. The Balaban J connectivity index is 1.54. The van der Waals surface area contributed by atoms with E-state index >= 15 is 0 Å². The van der Waals surface area contributed by atoms with E-state index in [-0.39, 0.29) is 11.8 Å². The van der Waals surface area contributed by atoms with Crippen LogP contribution in [0.2, 0.25) is 0 Å². The highest BCUT2D eigenvalue weighted by Crippen LogP contribution is 2.07. The lowest BCUT2D eigenvalue weighted by Crippen LogP contribution is -2.26. The van der Waals surface area contributed by atoms with Gasteiger partial charge in [0.25, 0.3) is 11.8 Å². The molecule has 140 valence electrons. The van der Waals surface area contributed by atoms with Crippen LogP contribution in [-0.2, 0) is 6.54 Å². The maximum Gasteiger partial charge on any atom is 0.251 e. The van der Waals surface area contributed by atoms with Crippen LogP contribution < -0.4 is 10.6 Å². The van der Waals surface area contributed by atoms with Gasteiger partial charge < -0.3 is 15.0 Å². The van der Waals surface area contributed by atoms with E-state index < -0.39 is 0 Å². The van der Waals surface area contributed by atoms with Gasteiger partial charge >= 0.3 is 0 Å². The highest BCUT2D eigenvalue weighted by Gasteiger charge is 2.09. The van der Waals surface area contributed by atoms with Crippen molar-refractivity contribution < 1.29 is 9.59 Å². The number of pyridine rings is 1. The first-order valence-corrected chi connectivity index (χ1v) is 9.11. The van der Waals surface area contributed by atoms with Gasteiger partial charge in [0.15, 0.2) is 0 Å². The number of hydrogen-bond acceptors (Lipinski definition) is 3. The van der Waals surface area contributed by atoms with Crippen LogP contribution in [0.4, 0.5) is 0 Å². The number of hydrogen-bond donors (Lipinski definition) is 2. The Labute approximate surface area is 158 Å². The smallest absolute Gasteiger partial charge is 0.251 e. The second-order valence-electron chi connectivity index (χ2n) is 6.93. The molecule has 0 aliphatic rings. The molecule has 2 heterocycles. The number of fused-ring (bicyclic) bond motifs is 1. The third-order valence-corrected chi connectivity index (χ3v) is 4.32. The monoisotopic (exact) mass is 364 g/mol. The first-order valence-electron chi connectivity index (χ1n) is 9.11. The summed E-state index contributed by atoms with van der Waals surface area (Å²) in [4.78, 5) is 28.6. The summed E-state index contributed by atoms with van der Waals surface area (Å²) in [5.41, 5.74) is 2.93. The van der Waals surface area contributed by atoms with E-state index in [4.69, 9.17) is 0 Å². The number of amides is 2. The lowest BCUT2D eigenvalue weighted by molar-refractivity contribution is 0.0939. The van der Waals surface area contributed by atoms with Gasteiger partial charge in [0.2, 0.25) is 0 Å². The summed E-state index contributed by atoms with van der Waals surface area (Å²) in [5, 5.41) is 5.79. The third-order valence-electron chi connectivity index (χ3n) is 4.32. The van der Waals surface area contributed by atoms with Crippen LogP contribution in [-0.4, -0.2) is 27.7 Å².